The molecule has 3 aromatic rings. The number of pyridine rings is 1. The van der Waals surface area contributed by atoms with Gasteiger partial charge in [0.1, 0.15) is 17.5 Å². The first-order chi connectivity index (χ1) is 14.9. The average Bonchev–Trinajstić information content (AvgIpc) is 3.20. The molecular formula is C22H22F2N4O2S. The van der Waals surface area contributed by atoms with Crippen molar-refractivity contribution < 1.29 is 18.0 Å². The number of hydrogen-bond donors (Lipinski definition) is 2. The number of nitrogens with one attached hydrogen (secondary N) is 2. The molecule has 1 aliphatic rings. The number of halogens is 2. The molecule has 2 aromatic heterocycles. The van der Waals surface area contributed by atoms with Gasteiger partial charge in [-0.1, -0.05) is 18.2 Å². The molecule has 1 amide bonds. The number of carbonyl (C=O) groups excluding carboxylic acids is 1. The van der Waals surface area contributed by atoms with Crippen LogP contribution < -0.4 is 5.32 Å². The molecular weight excluding hydrogens is 422 g/mol. The monoisotopic (exact) mass is 444 g/mol. The summed E-state index contributed by atoms with van der Waals surface area (Å²) in [6, 6.07) is 8.97. The number of nitrogens with zero attached hydrogens (tertiary/aromatic N) is 2. The summed E-state index contributed by atoms with van der Waals surface area (Å²) in [6.45, 7) is -0.318. The minimum atomic E-state index is -2.88. The van der Waals surface area contributed by atoms with Crippen LogP contribution in [0, 0.1) is 5.41 Å². The lowest BCUT2D eigenvalue weighted by molar-refractivity contribution is -0.0561. The highest BCUT2D eigenvalue weighted by Crippen LogP contribution is 2.29. The van der Waals surface area contributed by atoms with Crippen LogP contribution in [0.2, 0.25) is 0 Å². The van der Waals surface area contributed by atoms with Gasteiger partial charge in [-0.05, 0) is 24.8 Å². The number of likely N-dealkylation sites (tertiary alicyclic amines) is 1. The van der Waals surface area contributed by atoms with Crippen molar-refractivity contribution >= 4 is 40.0 Å². The standard InChI is InChI=1S/C22H22F2N4O2S/c1-31-13-27-17-9-18(21(29)28-8-4-7-22(23,24)12-28)26-10-15(17)20(25)16-11-30-19-6-3-2-5-14(16)19/h2-3,5-6,9-11,25H,4,7-8,12-13H2,1H3,(H,26,27). The molecule has 1 aliphatic heterocycles. The first kappa shape index (κ1) is 21.3. The smallest absolute Gasteiger partial charge is 0.272 e. The number of alkyl halides is 2. The molecule has 0 atom stereocenters. The van der Waals surface area contributed by atoms with E-state index >= 15 is 0 Å². The Balaban J connectivity index is 1.67. The third-order valence-electron chi connectivity index (χ3n) is 5.23. The number of benzene rings is 1. The third-order valence-corrected chi connectivity index (χ3v) is 5.66. The highest BCUT2D eigenvalue weighted by Gasteiger charge is 2.37. The van der Waals surface area contributed by atoms with Gasteiger partial charge in [-0.3, -0.25) is 15.2 Å². The lowest BCUT2D eigenvalue weighted by Gasteiger charge is -2.32. The Hall–Kier alpha value is -2.94. The van der Waals surface area contributed by atoms with Gasteiger partial charge in [-0.25, -0.2) is 8.78 Å². The van der Waals surface area contributed by atoms with E-state index in [1.54, 1.807) is 11.8 Å². The number of para-hydroxylation sites is 1. The number of carbonyl (C=O) groups is 1. The van der Waals surface area contributed by atoms with Crippen LogP contribution in [0.4, 0.5) is 14.5 Å². The van der Waals surface area contributed by atoms with Gasteiger partial charge in [0.05, 0.1) is 18.1 Å². The molecule has 0 radical (unpaired) electrons. The Morgan fingerprint density at radius 2 is 2.16 bits per heavy atom. The molecule has 162 valence electrons. The second-order valence-electron chi connectivity index (χ2n) is 7.43. The summed E-state index contributed by atoms with van der Waals surface area (Å²) < 4.78 is 33.1. The van der Waals surface area contributed by atoms with Crippen LogP contribution in [0.1, 0.15) is 34.5 Å². The zero-order chi connectivity index (χ0) is 22.0. The van der Waals surface area contributed by atoms with Gasteiger partial charge >= 0.3 is 0 Å². The van der Waals surface area contributed by atoms with Gasteiger partial charge in [0.15, 0.2) is 0 Å². The number of aromatic nitrogens is 1. The maximum atomic E-state index is 13.8. The summed E-state index contributed by atoms with van der Waals surface area (Å²) in [4.78, 5) is 18.2. The Bertz CT molecular complexity index is 1130. The van der Waals surface area contributed by atoms with Gasteiger partial charge in [0.25, 0.3) is 11.8 Å². The van der Waals surface area contributed by atoms with Crippen LogP contribution in [-0.4, -0.2) is 52.6 Å². The van der Waals surface area contributed by atoms with E-state index in [1.165, 1.54) is 18.5 Å². The highest BCUT2D eigenvalue weighted by atomic mass is 32.2. The predicted octanol–water partition coefficient (Wildman–Crippen LogP) is 4.85. The zero-order valence-electron chi connectivity index (χ0n) is 17.0. The first-order valence-electron chi connectivity index (χ1n) is 9.85. The fourth-order valence-electron chi connectivity index (χ4n) is 3.69. The van der Waals surface area contributed by atoms with Crippen LogP contribution in [0.25, 0.3) is 11.0 Å². The summed E-state index contributed by atoms with van der Waals surface area (Å²) in [6.07, 6.45) is 4.94. The molecule has 2 N–H and O–H groups in total. The molecule has 0 unspecified atom stereocenters. The van der Waals surface area contributed by atoms with E-state index < -0.39 is 18.4 Å². The molecule has 4 rings (SSSR count). The van der Waals surface area contributed by atoms with Crippen LogP contribution in [0.5, 0.6) is 0 Å². The van der Waals surface area contributed by atoms with Crippen molar-refractivity contribution in [2.75, 3.05) is 30.5 Å². The van der Waals surface area contributed by atoms with Gasteiger partial charge < -0.3 is 14.6 Å². The van der Waals surface area contributed by atoms with Gasteiger partial charge in [-0.2, -0.15) is 0 Å². The molecule has 1 aromatic carbocycles. The van der Waals surface area contributed by atoms with Crippen molar-refractivity contribution in [3.8, 4) is 0 Å². The normalized spacial score (nSPS) is 15.8. The molecule has 3 heterocycles. The lowest BCUT2D eigenvalue weighted by atomic mass is 10.0. The largest absolute Gasteiger partial charge is 0.464 e. The van der Waals surface area contributed by atoms with Crippen LogP contribution in [0.3, 0.4) is 0 Å². The maximum absolute atomic E-state index is 13.8. The molecule has 1 saturated heterocycles. The lowest BCUT2D eigenvalue weighted by Crippen LogP contribution is -2.45. The number of hydrogen-bond acceptors (Lipinski definition) is 6. The zero-order valence-corrected chi connectivity index (χ0v) is 17.8. The Morgan fingerprint density at radius 3 is 2.94 bits per heavy atom. The van der Waals surface area contributed by atoms with Crippen LogP contribution >= 0.6 is 11.8 Å². The highest BCUT2D eigenvalue weighted by molar-refractivity contribution is 7.98. The number of amides is 1. The SMILES string of the molecule is CSCNc1cc(C(=O)N2CCCC(F)(F)C2)ncc1C(=N)c1coc2ccccc12. The van der Waals surface area contributed by atoms with Crippen molar-refractivity contribution in [1.29, 1.82) is 5.41 Å². The van der Waals surface area contributed by atoms with Crippen molar-refractivity contribution in [2.24, 2.45) is 0 Å². The van der Waals surface area contributed by atoms with Crippen LogP contribution in [-0.2, 0) is 0 Å². The van der Waals surface area contributed by atoms with Gasteiger partial charge in [0, 0.05) is 41.4 Å². The van der Waals surface area contributed by atoms with E-state index in [9.17, 15) is 13.6 Å². The Kier molecular flexibility index (Phi) is 5.95. The number of furan rings is 1. The predicted molar refractivity (Wildman–Crippen MR) is 118 cm³/mol. The van der Waals surface area contributed by atoms with Gasteiger partial charge in [-0.15, -0.1) is 11.8 Å². The molecule has 31 heavy (non-hydrogen) atoms. The van der Waals surface area contributed by atoms with E-state index in [1.807, 2.05) is 30.5 Å². The molecule has 0 spiro atoms. The molecule has 0 aliphatic carbocycles. The number of anilines is 1. The number of fused-ring (bicyclic) bond motifs is 1. The van der Waals surface area contributed by atoms with Crippen molar-refractivity contribution in [1.82, 2.24) is 9.88 Å². The van der Waals surface area contributed by atoms with E-state index in [2.05, 4.69) is 10.3 Å². The molecule has 6 nitrogen and oxygen atoms in total. The fourth-order valence-corrected chi connectivity index (χ4v) is 3.99. The van der Waals surface area contributed by atoms with Crippen molar-refractivity contribution in [3.05, 3.63) is 59.6 Å². The molecule has 9 heteroatoms. The number of thioether (sulfide) groups is 1. The van der Waals surface area contributed by atoms with E-state index in [4.69, 9.17) is 9.83 Å². The summed E-state index contributed by atoms with van der Waals surface area (Å²) >= 11 is 1.54. The molecule has 0 bridgehead atoms. The van der Waals surface area contributed by atoms with Gasteiger partial charge in [0.2, 0.25) is 0 Å². The number of piperidine rings is 1. The Labute approximate surface area is 182 Å². The molecule has 1 fully saturated rings. The second-order valence-corrected chi connectivity index (χ2v) is 8.30. The third kappa shape index (κ3) is 4.41. The fraction of sp³-hybridized carbons (Fsp3) is 0.318. The van der Waals surface area contributed by atoms with Crippen molar-refractivity contribution in [3.63, 3.8) is 0 Å². The minimum absolute atomic E-state index is 0.0786. The first-order valence-corrected chi connectivity index (χ1v) is 11.2. The summed E-state index contributed by atoms with van der Waals surface area (Å²) in [5.41, 5.74) is 2.61. The average molecular weight is 445 g/mol. The number of rotatable bonds is 6. The second kappa shape index (κ2) is 8.66. The maximum Gasteiger partial charge on any atom is 0.272 e. The summed E-state index contributed by atoms with van der Waals surface area (Å²) in [5, 5.41) is 12.7. The molecule has 0 saturated carbocycles. The topological polar surface area (TPSA) is 82.2 Å². The minimum Gasteiger partial charge on any atom is -0.464 e. The summed E-state index contributed by atoms with van der Waals surface area (Å²) in [7, 11) is 0. The van der Waals surface area contributed by atoms with E-state index in [-0.39, 0.29) is 30.8 Å². The van der Waals surface area contributed by atoms with Crippen LogP contribution in [0.15, 0.2) is 47.2 Å². The summed E-state index contributed by atoms with van der Waals surface area (Å²) in [5.74, 6) is -2.86. The quantitative estimate of drug-likeness (QED) is 0.420. The Morgan fingerprint density at radius 1 is 1.35 bits per heavy atom. The van der Waals surface area contributed by atoms with E-state index in [0.717, 1.165) is 10.3 Å². The van der Waals surface area contributed by atoms with Crippen molar-refractivity contribution in [2.45, 2.75) is 18.8 Å². The van der Waals surface area contributed by atoms with E-state index in [0.29, 0.717) is 28.3 Å².